The number of hydrogen-bond donors (Lipinski definition) is 0. The second-order valence-electron chi connectivity index (χ2n) is 6.38. The highest BCUT2D eigenvalue weighted by Gasteiger charge is 2.26. The summed E-state index contributed by atoms with van der Waals surface area (Å²) < 4.78 is 0. The number of nitrogens with zero attached hydrogens (tertiary/aromatic N) is 2. The first kappa shape index (κ1) is 18.6. The summed E-state index contributed by atoms with van der Waals surface area (Å²) in [5.41, 5.74) is 4.52. The Bertz CT molecular complexity index is 909. The van der Waals surface area contributed by atoms with E-state index < -0.39 is 0 Å². The van der Waals surface area contributed by atoms with Crippen molar-refractivity contribution in [1.29, 1.82) is 0 Å². The second kappa shape index (κ2) is 8.04. The molecule has 2 aromatic rings. The Morgan fingerprint density at radius 3 is 2.11 bits per heavy atom. The fraction of sp³-hybridized carbons (Fsp3) is 0.217. The molecule has 0 spiro atoms. The van der Waals surface area contributed by atoms with Gasteiger partial charge in [0.25, 0.3) is 0 Å². The van der Waals surface area contributed by atoms with Crippen molar-refractivity contribution in [3.63, 3.8) is 0 Å². The first-order valence-corrected chi connectivity index (χ1v) is 9.24. The molecule has 4 nitrogen and oxygen atoms in total. The largest absolute Gasteiger partial charge is 0.340 e. The Morgan fingerprint density at radius 2 is 1.52 bits per heavy atom. The molecule has 1 aliphatic heterocycles. The number of carbonyl (C=O) groups is 2. The fourth-order valence-corrected chi connectivity index (χ4v) is 3.34. The van der Waals surface area contributed by atoms with E-state index in [4.69, 9.17) is 0 Å². The third-order valence-corrected chi connectivity index (χ3v) is 4.77. The normalized spacial score (nSPS) is 14.6. The smallest absolute Gasteiger partial charge is 0.248 e. The molecule has 2 amide bonds. The molecular weight excluding hydrogens is 336 g/mol. The van der Waals surface area contributed by atoms with E-state index in [9.17, 15) is 9.59 Å². The molecule has 1 heterocycles. The van der Waals surface area contributed by atoms with Gasteiger partial charge in [0.1, 0.15) is 0 Å². The highest BCUT2D eigenvalue weighted by atomic mass is 16.2. The van der Waals surface area contributed by atoms with Crippen LogP contribution in [0.3, 0.4) is 0 Å². The van der Waals surface area contributed by atoms with Gasteiger partial charge in [-0.25, -0.2) is 0 Å². The maximum Gasteiger partial charge on any atom is 0.248 e. The molecule has 0 saturated heterocycles. The van der Waals surface area contributed by atoms with Gasteiger partial charge < -0.3 is 4.90 Å². The van der Waals surface area contributed by atoms with Crippen molar-refractivity contribution in [2.75, 3.05) is 13.1 Å². The molecule has 1 aliphatic rings. The molecule has 0 bridgehead atoms. The van der Waals surface area contributed by atoms with Crippen molar-refractivity contribution in [2.24, 2.45) is 0 Å². The summed E-state index contributed by atoms with van der Waals surface area (Å²) in [5.74, 6) is -0.218. The van der Waals surface area contributed by atoms with Gasteiger partial charge in [-0.05, 0) is 25.0 Å². The van der Waals surface area contributed by atoms with Crippen molar-refractivity contribution in [3.05, 3.63) is 83.6 Å². The van der Waals surface area contributed by atoms with Gasteiger partial charge in [0.2, 0.25) is 11.8 Å². The van der Waals surface area contributed by atoms with Gasteiger partial charge in [0, 0.05) is 43.4 Å². The predicted octanol–water partition coefficient (Wildman–Crippen LogP) is 4.15. The number of amides is 2. The Morgan fingerprint density at radius 1 is 0.926 bits per heavy atom. The molecule has 0 atom stereocenters. The van der Waals surface area contributed by atoms with E-state index in [-0.39, 0.29) is 11.8 Å². The molecule has 0 saturated carbocycles. The highest BCUT2D eigenvalue weighted by molar-refractivity contribution is 6.03. The molecule has 27 heavy (non-hydrogen) atoms. The van der Waals surface area contributed by atoms with Crippen molar-refractivity contribution in [1.82, 2.24) is 9.80 Å². The van der Waals surface area contributed by atoms with Crippen molar-refractivity contribution in [2.45, 2.75) is 20.8 Å². The number of likely N-dealkylation sites (N-methyl/N-ethyl adjacent to an activating group) is 1. The van der Waals surface area contributed by atoms with Gasteiger partial charge in [0.05, 0.1) is 5.70 Å². The van der Waals surface area contributed by atoms with Gasteiger partial charge in [-0.1, -0.05) is 54.6 Å². The summed E-state index contributed by atoms with van der Waals surface area (Å²) in [6.07, 6.45) is 3.41. The maximum atomic E-state index is 12.7. The van der Waals surface area contributed by atoms with E-state index in [0.717, 1.165) is 22.3 Å². The van der Waals surface area contributed by atoms with Gasteiger partial charge >= 0.3 is 0 Å². The lowest BCUT2D eigenvalue weighted by Crippen LogP contribution is -2.31. The van der Waals surface area contributed by atoms with E-state index in [1.807, 2.05) is 74.6 Å². The first-order chi connectivity index (χ1) is 13.1. The minimum absolute atomic E-state index is 0.0902. The molecule has 0 unspecified atom stereocenters. The summed E-state index contributed by atoms with van der Waals surface area (Å²) in [7, 11) is 0. The van der Waals surface area contributed by atoms with Crippen LogP contribution in [0.1, 0.15) is 37.5 Å². The summed E-state index contributed by atoms with van der Waals surface area (Å²) >= 11 is 0. The highest BCUT2D eigenvalue weighted by Crippen LogP contribution is 2.37. The van der Waals surface area contributed by atoms with Gasteiger partial charge in [-0.2, -0.15) is 0 Å². The van der Waals surface area contributed by atoms with Crippen LogP contribution in [-0.4, -0.2) is 34.7 Å². The SMILES string of the molecule is CCN(CC)C(=O)/C=C1/c2ccccc2C(c2ccccc2)=CN1C(C)=O. The molecule has 0 N–H and O–H groups in total. The monoisotopic (exact) mass is 360 g/mol. The lowest BCUT2D eigenvalue weighted by Gasteiger charge is -2.30. The fourth-order valence-electron chi connectivity index (χ4n) is 3.34. The van der Waals surface area contributed by atoms with E-state index in [0.29, 0.717) is 18.8 Å². The van der Waals surface area contributed by atoms with Crippen LogP contribution in [0, 0.1) is 0 Å². The van der Waals surface area contributed by atoms with E-state index in [2.05, 4.69) is 0 Å². The molecule has 0 aliphatic carbocycles. The lowest BCUT2D eigenvalue weighted by molar-refractivity contribution is -0.125. The third-order valence-electron chi connectivity index (χ3n) is 4.77. The van der Waals surface area contributed by atoms with Gasteiger partial charge in [-0.3, -0.25) is 14.5 Å². The van der Waals surface area contributed by atoms with Crippen molar-refractivity contribution < 1.29 is 9.59 Å². The zero-order chi connectivity index (χ0) is 19.4. The zero-order valence-corrected chi connectivity index (χ0v) is 16.0. The minimum Gasteiger partial charge on any atom is -0.340 e. The molecule has 3 rings (SSSR count). The number of fused-ring (bicyclic) bond motifs is 1. The van der Waals surface area contributed by atoms with Gasteiger partial charge in [0.15, 0.2) is 0 Å². The average molecular weight is 360 g/mol. The van der Waals surface area contributed by atoms with Crippen LogP contribution < -0.4 is 0 Å². The topological polar surface area (TPSA) is 40.6 Å². The van der Waals surface area contributed by atoms with Crippen LogP contribution in [0.2, 0.25) is 0 Å². The summed E-state index contributed by atoms with van der Waals surface area (Å²) in [6.45, 7) is 6.68. The van der Waals surface area contributed by atoms with E-state index >= 15 is 0 Å². The molecular formula is C23H24N2O2. The Hall–Kier alpha value is -3.14. The summed E-state index contributed by atoms with van der Waals surface area (Å²) in [6, 6.07) is 17.9. The Balaban J connectivity index is 2.18. The van der Waals surface area contributed by atoms with Crippen molar-refractivity contribution >= 4 is 23.1 Å². The van der Waals surface area contributed by atoms with Crippen LogP contribution in [0.5, 0.6) is 0 Å². The number of hydrogen-bond acceptors (Lipinski definition) is 2. The molecule has 138 valence electrons. The van der Waals surface area contributed by atoms with Crippen LogP contribution in [0.25, 0.3) is 11.3 Å². The molecule has 4 heteroatoms. The van der Waals surface area contributed by atoms with Crippen LogP contribution in [0.15, 0.2) is 66.9 Å². The maximum absolute atomic E-state index is 12.7. The number of carbonyl (C=O) groups excluding carboxylic acids is 2. The summed E-state index contributed by atoms with van der Waals surface area (Å²) in [4.78, 5) is 28.4. The lowest BCUT2D eigenvalue weighted by atomic mass is 9.89. The zero-order valence-electron chi connectivity index (χ0n) is 16.0. The Labute approximate surface area is 160 Å². The molecule has 2 aromatic carbocycles. The van der Waals surface area contributed by atoms with Gasteiger partial charge in [-0.15, -0.1) is 0 Å². The standard InChI is InChI=1S/C23H24N2O2/c1-4-24(5-2)23(27)15-22-20-14-10-9-13-19(20)21(16-25(22)17(3)26)18-11-7-6-8-12-18/h6-16H,4-5H2,1-3H3/b22-15-. The quantitative estimate of drug-likeness (QED) is 0.769. The van der Waals surface area contributed by atoms with E-state index in [1.54, 1.807) is 15.9 Å². The first-order valence-electron chi connectivity index (χ1n) is 9.24. The minimum atomic E-state index is -0.128. The number of rotatable bonds is 4. The van der Waals surface area contributed by atoms with Crippen molar-refractivity contribution in [3.8, 4) is 0 Å². The third kappa shape index (κ3) is 3.70. The Kier molecular flexibility index (Phi) is 5.55. The van der Waals surface area contributed by atoms with Crippen LogP contribution in [-0.2, 0) is 9.59 Å². The summed E-state index contributed by atoms with van der Waals surface area (Å²) in [5, 5.41) is 0. The molecule has 0 aromatic heterocycles. The second-order valence-corrected chi connectivity index (χ2v) is 6.38. The predicted molar refractivity (Wildman–Crippen MR) is 108 cm³/mol. The van der Waals surface area contributed by atoms with Crippen LogP contribution in [0.4, 0.5) is 0 Å². The molecule has 0 fully saturated rings. The van der Waals surface area contributed by atoms with E-state index in [1.165, 1.54) is 6.92 Å². The average Bonchev–Trinajstić information content (AvgIpc) is 2.69. The number of benzene rings is 2. The van der Waals surface area contributed by atoms with Crippen LogP contribution >= 0.6 is 0 Å². The molecule has 0 radical (unpaired) electrons.